The molecule has 16 heavy (non-hydrogen) atoms. The summed E-state index contributed by atoms with van der Waals surface area (Å²) >= 11 is 6.59. The van der Waals surface area contributed by atoms with E-state index < -0.39 is 12.7 Å². The average molecular weight is 271 g/mol. The van der Waals surface area contributed by atoms with Crippen molar-refractivity contribution < 1.29 is 13.6 Å². The molecule has 4 nitrogen and oxygen atoms in total. The van der Waals surface area contributed by atoms with Gasteiger partial charge < -0.3 is 0 Å². The van der Waals surface area contributed by atoms with Gasteiger partial charge in [-0.05, 0) is 38.8 Å². The number of alkyl halides is 1. The van der Waals surface area contributed by atoms with E-state index in [1.165, 1.54) is 0 Å². The van der Waals surface area contributed by atoms with Crippen molar-refractivity contribution in [2.75, 3.05) is 26.4 Å². The molecule has 1 aliphatic rings. The van der Waals surface area contributed by atoms with Gasteiger partial charge in [0.2, 0.25) is 0 Å². The summed E-state index contributed by atoms with van der Waals surface area (Å²) in [5, 5.41) is 3.27. The maximum Gasteiger partial charge on any atom is 0.449 e. The Balaban J connectivity index is 2.88. The van der Waals surface area contributed by atoms with Crippen molar-refractivity contribution in [1.29, 1.82) is 0 Å². The van der Waals surface area contributed by atoms with Crippen LogP contribution >= 0.6 is 19.5 Å². The van der Waals surface area contributed by atoms with Gasteiger partial charge in [0.15, 0.2) is 0 Å². The highest BCUT2D eigenvalue weighted by Gasteiger charge is 2.66. The highest BCUT2D eigenvalue weighted by atomic mass is 35.5. The summed E-state index contributed by atoms with van der Waals surface area (Å²) in [6.45, 7) is 8.32. The summed E-state index contributed by atoms with van der Waals surface area (Å²) in [7, 11) is -2.50. The molecule has 1 saturated heterocycles. The van der Waals surface area contributed by atoms with Crippen LogP contribution in [0.15, 0.2) is 0 Å². The number of halogens is 1. The largest absolute Gasteiger partial charge is 0.449 e. The molecule has 0 spiro atoms. The zero-order valence-corrected chi connectivity index (χ0v) is 11.9. The Morgan fingerprint density at radius 1 is 1.12 bits per heavy atom. The van der Waals surface area contributed by atoms with Crippen LogP contribution in [0.5, 0.6) is 0 Å². The first kappa shape index (κ1) is 14.6. The third kappa shape index (κ3) is 2.87. The molecule has 0 saturated carbocycles. The first-order valence-corrected chi connectivity index (χ1v) is 7.83. The van der Waals surface area contributed by atoms with E-state index in [1.807, 2.05) is 20.8 Å². The fourth-order valence-corrected chi connectivity index (χ4v) is 5.12. The van der Waals surface area contributed by atoms with Crippen LogP contribution in [0, 0.1) is 0 Å². The van der Waals surface area contributed by atoms with Gasteiger partial charge in [0, 0.05) is 13.0 Å². The molecule has 1 heterocycles. The Morgan fingerprint density at radius 2 is 1.62 bits per heavy atom. The molecule has 1 rings (SSSR count). The molecule has 0 radical (unpaired) electrons. The van der Waals surface area contributed by atoms with Gasteiger partial charge in [-0.25, -0.2) is 0 Å². The Bertz CT molecular complexity index is 195. The lowest BCUT2D eigenvalue weighted by atomic mass is 10.4. The predicted octanol–water partition coefficient (Wildman–Crippen LogP) is 3.13. The number of hydrogen-bond acceptors (Lipinski definition) is 4. The lowest BCUT2D eigenvalue weighted by Crippen LogP contribution is -2.39. The molecule has 0 aromatic rings. The van der Waals surface area contributed by atoms with Gasteiger partial charge in [-0.15, -0.1) is 0 Å². The van der Waals surface area contributed by atoms with Crippen LogP contribution in [0.25, 0.3) is 0 Å². The average Bonchev–Trinajstić information content (AvgIpc) is 2.68. The second-order valence-corrected chi connectivity index (χ2v) is 6.98. The number of hydrogen-bond donors (Lipinski definition) is 1. The highest BCUT2D eigenvalue weighted by molar-refractivity contribution is 7.65. The highest BCUT2D eigenvalue weighted by Crippen LogP contribution is 2.74. The molecule has 1 atom stereocenters. The molecule has 0 aliphatic carbocycles. The van der Waals surface area contributed by atoms with Crippen LogP contribution in [0.4, 0.5) is 0 Å². The second-order valence-electron chi connectivity index (χ2n) is 3.54. The Kier molecular flexibility index (Phi) is 5.92. The number of nitrogens with one attached hydrogen (secondary N) is 1. The molecule has 0 bridgehead atoms. The molecule has 1 aliphatic heterocycles. The first-order chi connectivity index (χ1) is 7.64. The second kappa shape index (κ2) is 6.48. The van der Waals surface area contributed by atoms with Crippen molar-refractivity contribution in [3.63, 3.8) is 0 Å². The van der Waals surface area contributed by atoms with E-state index >= 15 is 0 Å². The van der Waals surface area contributed by atoms with Crippen LogP contribution in [0.2, 0.25) is 0 Å². The van der Waals surface area contributed by atoms with E-state index in [1.54, 1.807) is 0 Å². The quantitative estimate of drug-likeness (QED) is 0.438. The standard InChI is InChI=1S/C10H22ClNO3P/c1-4-13-16(14-5-2,15-6-3)10(11)8-7-9-12-10/h12H,4-9H2,1-3H3/q+1. The lowest BCUT2D eigenvalue weighted by Gasteiger charge is -2.31. The fraction of sp³-hybridized carbons (Fsp3) is 1.00. The molecule has 1 fully saturated rings. The van der Waals surface area contributed by atoms with Gasteiger partial charge in [0.1, 0.15) is 0 Å². The summed E-state index contributed by atoms with van der Waals surface area (Å²) in [6.07, 6.45) is 1.85. The van der Waals surface area contributed by atoms with Crippen LogP contribution in [-0.2, 0) is 13.6 Å². The van der Waals surface area contributed by atoms with Crippen molar-refractivity contribution in [3.05, 3.63) is 0 Å². The Morgan fingerprint density at radius 3 is 1.94 bits per heavy atom. The lowest BCUT2D eigenvalue weighted by molar-refractivity contribution is 0.136. The molecule has 0 aromatic carbocycles. The van der Waals surface area contributed by atoms with Gasteiger partial charge >= 0.3 is 7.94 Å². The maximum absolute atomic E-state index is 6.59. The molecule has 6 heteroatoms. The normalized spacial score (nSPS) is 26.2. The van der Waals surface area contributed by atoms with Gasteiger partial charge in [-0.3, -0.25) is 5.32 Å². The summed E-state index contributed by atoms with van der Waals surface area (Å²) in [5.74, 6) is 0. The van der Waals surface area contributed by atoms with Crippen molar-refractivity contribution >= 4 is 19.5 Å². The van der Waals surface area contributed by atoms with Gasteiger partial charge in [-0.1, -0.05) is 0 Å². The Labute approximate surface area is 104 Å². The monoisotopic (exact) mass is 270 g/mol. The maximum atomic E-state index is 6.59. The third-order valence-corrected chi connectivity index (χ3v) is 6.40. The van der Waals surface area contributed by atoms with E-state index in [2.05, 4.69) is 5.32 Å². The van der Waals surface area contributed by atoms with Crippen LogP contribution in [0.3, 0.4) is 0 Å². The molecule has 0 amide bonds. The van der Waals surface area contributed by atoms with Crippen molar-refractivity contribution in [2.45, 2.75) is 38.4 Å². The molecular weight excluding hydrogens is 249 g/mol. The van der Waals surface area contributed by atoms with Gasteiger partial charge in [0.05, 0.1) is 19.8 Å². The van der Waals surface area contributed by atoms with Gasteiger partial charge in [0.25, 0.3) is 4.74 Å². The topological polar surface area (TPSA) is 39.7 Å². The van der Waals surface area contributed by atoms with Crippen LogP contribution < -0.4 is 5.32 Å². The smallest absolute Gasteiger partial charge is 0.260 e. The van der Waals surface area contributed by atoms with E-state index in [-0.39, 0.29) is 0 Å². The number of rotatable bonds is 7. The van der Waals surface area contributed by atoms with E-state index in [9.17, 15) is 0 Å². The van der Waals surface area contributed by atoms with Crippen LogP contribution in [0.1, 0.15) is 33.6 Å². The zero-order chi connectivity index (χ0) is 12.1. The first-order valence-electron chi connectivity index (χ1n) is 5.90. The summed E-state index contributed by atoms with van der Waals surface area (Å²) in [6, 6.07) is 0. The van der Waals surface area contributed by atoms with E-state index in [4.69, 9.17) is 25.2 Å². The SMILES string of the molecule is CCO[P+](OCC)(OCC)C1(Cl)CCCN1. The minimum Gasteiger partial charge on any atom is -0.260 e. The summed E-state index contributed by atoms with van der Waals surface area (Å²) in [5.41, 5.74) is 0. The minimum absolute atomic E-state index is 0.546. The van der Waals surface area contributed by atoms with E-state index in [0.29, 0.717) is 19.8 Å². The summed E-state index contributed by atoms with van der Waals surface area (Å²) in [4.78, 5) is 0. The molecule has 0 aromatic heterocycles. The van der Waals surface area contributed by atoms with Gasteiger partial charge in [-0.2, -0.15) is 13.6 Å². The molecule has 96 valence electrons. The van der Waals surface area contributed by atoms with Crippen molar-refractivity contribution in [1.82, 2.24) is 5.32 Å². The third-order valence-electron chi connectivity index (χ3n) is 2.41. The Hall–Kier alpha value is 0.560. The van der Waals surface area contributed by atoms with Crippen molar-refractivity contribution in [2.24, 2.45) is 0 Å². The molecular formula is C10H22ClNO3P+. The zero-order valence-electron chi connectivity index (χ0n) is 10.3. The predicted molar refractivity (Wildman–Crippen MR) is 67.6 cm³/mol. The van der Waals surface area contributed by atoms with E-state index in [0.717, 1.165) is 19.4 Å². The van der Waals surface area contributed by atoms with Crippen LogP contribution in [-0.4, -0.2) is 31.1 Å². The molecule has 1 N–H and O–H groups in total. The summed E-state index contributed by atoms with van der Waals surface area (Å²) < 4.78 is 16.6. The fourth-order valence-electron chi connectivity index (χ4n) is 1.85. The molecule has 1 unspecified atom stereocenters. The van der Waals surface area contributed by atoms with Crippen molar-refractivity contribution in [3.8, 4) is 0 Å². The minimum atomic E-state index is -2.50.